The largest absolute Gasteiger partial charge is 0.341 e. The van der Waals surface area contributed by atoms with Crippen molar-refractivity contribution in [2.75, 3.05) is 13.1 Å². The van der Waals surface area contributed by atoms with Crippen LogP contribution in [0.4, 0.5) is 0 Å². The topological polar surface area (TPSA) is 56.0 Å². The standard InChI is InChI=1S/C13H18ClN5O/c1-9-12-13(17(2)16-9)19(10(7-14)15-12)8-11(20)18-5-3-4-6-18/h3-8H2,1-2H3. The normalized spacial score (nSPS) is 15.4. The number of nitrogens with zero attached hydrogens (tertiary/aromatic N) is 5. The van der Waals surface area contributed by atoms with Crippen LogP contribution in [-0.4, -0.2) is 43.2 Å². The van der Waals surface area contributed by atoms with Crippen LogP contribution < -0.4 is 0 Å². The van der Waals surface area contributed by atoms with E-state index in [1.807, 2.05) is 23.4 Å². The van der Waals surface area contributed by atoms with Gasteiger partial charge >= 0.3 is 0 Å². The number of imidazole rings is 1. The molecule has 2 aromatic heterocycles. The van der Waals surface area contributed by atoms with Crippen molar-refractivity contribution in [2.45, 2.75) is 32.2 Å². The number of likely N-dealkylation sites (tertiary alicyclic amines) is 1. The van der Waals surface area contributed by atoms with E-state index in [1.54, 1.807) is 4.68 Å². The Morgan fingerprint density at radius 1 is 1.35 bits per heavy atom. The van der Waals surface area contributed by atoms with Gasteiger partial charge in [0.15, 0.2) is 5.65 Å². The fourth-order valence-electron chi connectivity index (χ4n) is 2.85. The van der Waals surface area contributed by atoms with Crippen LogP contribution in [0.3, 0.4) is 0 Å². The first-order valence-corrected chi connectivity index (χ1v) is 7.37. The van der Waals surface area contributed by atoms with Crippen LogP contribution in [0.2, 0.25) is 0 Å². The Labute approximate surface area is 122 Å². The van der Waals surface area contributed by atoms with E-state index >= 15 is 0 Å². The van der Waals surface area contributed by atoms with Gasteiger partial charge in [-0.25, -0.2) is 4.98 Å². The molecular weight excluding hydrogens is 278 g/mol. The molecule has 2 aromatic rings. The lowest BCUT2D eigenvalue weighted by Gasteiger charge is -2.16. The third-order valence-corrected chi connectivity index (χ3v) is 4.08. The van der Waals surface area contributed by atoms with Gasteiger partial charge in [0.05, 0.1) is 11.6 Å². The predicted octanol–water partition coefficient (Wildman–Crippen LogP) is 1.44. The number of aryl methyl sites for hydroxylation is 2. The summed E-state index contributed by atoms with van der Waals surface area (Å²) in [5.41, 5.74) is 2.56. The second-order valence-electron chi connectivity index (χ2n) is 5.22. The summed E-state index contributed by atoms with van der Waals surface area (Å²) in [5, 5.41) is 4.36. The molecule has 6 nitrogen and oxygen atoms in total. The van der Waals surface area contributed by atoms with Gasteiger partial charge in [0.25, 0.3) is 0 Å². The highest BCUT2D eigenvalue weighted by atomic mass is 35.5. The van der Waals surface area contributed by atoms with E-state index in [-0.39, 0.29) is 12.5 Å². The zero-order valence-electron chi connectivity index (χ0n) is 11.8. The summed E-state index contributed by atoms with van der Waals surface area (Å²) in [6.07, 6.45) is 2.19. The van der Waals surface area contributed by atoms with Crippen LogP contribution in [0, 0.1) is 6.92 Å². The summed E-state index contributed by atoms with van der Waals surface area (Å²) >= 11 is 5.97. The average molecular weight is 296 g/mol. The lowest BCUT2D eigenvalue weighted by Crippen LogP contribution is -2.31. The summed E-state index contributed by atoms with van der Waals surface area (Å²) in [6, 6.07) is 0. The molecule has 1 saturated heterocycles. The second-order valence-corrected chi connectivity index (χ2v) is 5.48. The molecular formula is C13H18ClN5O. The summed E-state index contributed by atoms with van der Waals surface area (Å²) < 4.78 is 3.66. The van der Waals surface area contributed by atoms with Crippen molar-refractivity contribution in [2.24, 2.45) is 7.05 Å². The number of fused-ring (bicyclic) bond motifs is 1. The molecule has 0 saturated carbocycles. The minimum atomic E-state index is 0.131. The minimum absolute atomic E-state index is 0.131. The van der Waals surface area contributed by atoms with E-state index in [9.17, 15) is 4.79 Å². The molecule has 0 aliphatic carbocycles. The molecule has 20 heavy (non-hydrogen) atoms. The molecule has 0 N–H and O–H groups in total. The van der Waals surface area contributed by atoms with Gasteiger partial charge in [-0.1, -0.05) is 0 Å². The van der Waals surface area contributed by atoms with Crippen LogP contribution in [0.15, 0.2) is 0 Å². The van der Waals surface area contributed by atoms with E-state index in [0.29, 0.717) is 5.88 Å². The van der Waals surface area contributed by atoms with Gasteiger partial charge < -0.3 is 9.47 Å². The fraction of sp³-hybridized carbons (Fsp3) is 0.615. The van der Waals surface area contributed by atoms with E-state index in [1.165, 1.54) is 0 Å². The van der Waals surface area contributed by atoms with Crippen LogP contribution in [0.1, 0.15) is 24.4 Å². The van der Waals surface area contributed by atoms with Crippen molar-refractivity contribution in [3.8, 4) is 0 Å². The summed E-state index contributed by atoms with van der Waals surface area (Å²) in [6.45, 7) is 3.92. The zero-order chi connectivity index (χ0) is 14.3. The molecule has 0 spiro atoms. The Hall–Kier alpha value is -1.56. The Bertz CT molecular complexity index is 653. The number of alkyl halides is 1. The molecule has 0 aromatic carbocycles. The number of amides is 1. The number of aromatic nitrogens is 4. The maximum atomic E-state index is 12.3. The lowest BCUT2D eigenvalue weighted by molar-refractivity contribution is -0.130. The van der Waals surface area contributed by atoms with E-state index in [0.717, 1.165) is 48.6 Å². The number of halogens is 1. The number of hydrogen-bond donors (Lipinski definition) is 0. The molecule has 0 unspecified atom stereocenters. The first-order chi connectivity index (χ1) is 9.61. The minimum Gasteiger partial charge on any atom is -0.341 e. The van der Waals surface area contributed by atoms with Gasteiger partial charge in [-0.15, -0.1) is 11.6 Å². The second kappa shape index (κ2) is 5.09. The third-order valence-electron chi connectivity index (χ3n) is 3.84. The average Bonchev–Trinajstić information content (AvgIpc) is 3.10. The molecule has 7 heteroatoms. The van der Waals surface area contributed by atoms with E-state index in [2.05, 4.69) is 10.1 Å². The highest BCUT2D eigenvalue weighted by Gasteiger charge is 2.22. The van der Waals surface area contributed by atoms with Gasteiger partial charge in [0, 0.05) is 20.1 Å². The van der Waals surface area contributed by atoms with Crippen molar-refractivity contribution in [1.29, 1.82) is 0 Å². The predicted molar refractivity (Wildman–Crippen MR) is 76.6 cm³/mol. The lowest BCUT2D eigenvalue weighted by atomic mass is 10.4. The molecule has 1 aliphatic rings. The van der Waals surface area contributed by atoms with Crippen LogP contribution in [0.25, 0.3) is 11.2 Å². The Balaban J connectivity index is 1.98. The Kier molecular flexibility index (Phi) is 3.41. The van der Waals surface area contributed by atoms with Gasteiger partial charge in [-0.3, -0.25) is 9.48 Å². The molecule has 0 radical (unpaired) electrons. The highest BCUT2D eigenvalue weighted by molar-refractivity contribution is 6.16. The Morgan fingerprint density at radius 3 is 2.70 bits per heavy atom. The molecule has 0 bridgehead atoms. The molecule has 3 rings (SSSR count). The van der Waals surface area contributed by atoms with Gasteiger partial charge in [0.2, 0.25) is 5.91 Å². The van der Waals surface area contributed by atoms with Gasteiger partial charge in [-0.2, -0.15) is 5.10 Å². The third kappa shape index (κ3) is 2.08. The van der Waals surface area contributed by atoms with E-state index in [4.69, 9.17) is 11.6 Å². The van der Waals surface area contributed by atoms with Crippen molar-refractivity contribution >= 4 is 28.7 Å². The molecule has 1 fully saturated rings. The zero-order valence-corrected chi connectivity index (χ0v) is 12.5. The summed E-state index contributed by atoms with van der Waals surface area (Å²) in [4.78, 5) is 18.8. The quantitative estimate of drug-likeness (QED) is 0.805. The van der Waals surface area contributed by atoms with Crippen molar-refractivity contribution < 1.29 is 4.79 Å². The molecule has 3 heterocycles. The number of hydrogen-bond acceptors (Lipinski definition) is 3. The van der Waals surface area contributed by atoms with Crippen LogP contribution >= 0.6 is 11.6 Å². The summed E-state index contributed by atoms with van der Waals surface area (Å²) in [7, 11) is 1.87. The van der Waals surface area contributed by atoms with Crippen molar-refractivity contribution in [3.05, 3.63) is 11.5 Å². The smallest absolute Gasteiger partial charge is 0.242 e. The number of carbonyl (C=O) groups is 1. The van der Waals surface area contributed by atoms with Crippen molar-refractivity contribution in [1.82, 2.24) is 24.2 Å². The maximum absolute atomic E-state index is 12.3. The van der Waals surface area contributed by atoms with Crippen LogP contribution in [0.5, 0.6) is 0 Å². The highest BCUT2D eigenvalue weighted by Crippen LogP contribution is 2.20. The monoisotopic (exact) mass is 295 g/mol. The first-order valence-electron chi connectivity index (χ1n) is 6.84. The van der Waals surface area contributed by atoms with Gasteiger partial charge in [0.1, 0.15) is 17.9 Å². The molecule has 1 aliphatic heterocycles. The SMILES string of the molecule is Cc1nn(C)c2c1nc(CCl)n2CC(=O)N1CCCC1. The molecule has 0 atom stereocenters. The fourth-order valence-corrected chi connectivity index (χ4v) is 3.05. The van der Waals surface area contributed by atoms with Crippen LogP contribution in [-0.2, 0) is 24.3 Å². The molecule has 1 amide bonds. The Morgan fingerprint density at radius 2 is 2.05 bits per heavy atom. The van der Waals surface area contributed by atoms with Gasteiger partial charge in [-0.05, 0) is 19.8 Å². The number of carbonyl (C=O) groups excluding carboxylic acids is 1. The number of rotatable bonds is 3. The van der Waals surface area contributed by atoms with Crippen molar-refractivity contribution in [3.63, 3.8) is 0 Å². The summed E-state index contributed by atoms with van der Waals surface area (Å²) in [5.74, 6) is 1.15. The molecule has 108 valence electrons. The maximum Gasteiger partial charge on any atom is 0.242 e. The first kappa shape index (κ1) is 13.4. The van der Waals surface area contributed by atoms with E-state index < -0.39 is 0 Å².